The highest BCUT2D eigenvalue weighted by Crippen LogP contribution is 2.35. The normalized spacial score (nSPS) is 10.4. The number of hydrogen-bond acceptors (Lipinski definition) is 11. The number of halogens is 2. The van der Waals surface area contributed by atoms with Crippen LogP contribution in [-0.2, 0) is 13.1 Å². The van der Waals surface area contributed by atoms with Gasteiger partial charge in [0.25, 0.3) is 0 Å². The second-order valence-corrected chi connectivity index (χ2v) is 16.1. The lowest BCUT2D eigenvalue weighted by Gasteiger charge is -2.18. The molecular formula is C57H56F2N12O. The van der Waals surface area contributed by atoms with Gasteiger partial charge in [-0.2, -0.15) is 0 Å². The number of nitrogens with one attached hydrogen (secondary N) is 2. The molecule has 2 amide bonds. The van der Waals surface area contributed by atoms with E-state index in [1.54, 1.807) is 68.5 Å². The Kier molecular flexibility index (Phi) is 17.9. The summed E-state index contributed by atoms with van der Waals surface area (Å²) in [4.78, 5) is 49.1. The van der Waals surface area contributed by atoms with Crippen molar-refractivity contribution in [3.05, 3.63) is 205 Å². The number of hydrogen-bond donors (Lipinski definition) is 3. The summed E-state index contributed by atoms with van der Waals surface area (Å²) in [5, 5.41) is 7.80. The number of nitrogens with zero attached hydrogens (tertiary/aromatic N) is 9. The second-order valence-electron chi connectivity index (χ2n) is 16.1. The number of pyridine rings is 4. The van der Waals surface area contributed by atoms with E-state index in [9.17, 15) is 13.6 Å². The van der Waals surface area contributed by atoms with Crippen molar-refractivity contribution in [1.29, 1.82) is 0 Å². The molecule has 10 aromatic rings. The molecule has 0 saturated carbocycles. The first-order valence-electron chi connectivity index (χ1n) is 22.2. The number of urea groups is 1. The van der Waals surface area contributed by atoms with Gasteiger partial charge in [-0.25, -0.2) is 43.5 Å². The zero-order valence-corrected chi connectivity index (χ0v) is 38.8. The zero-order chi connectivity index (χ0) is 49.0. The van der Waals surface area contributed by atoms with Gasteiger partial charge in [0, 0.05) is 70.4 Å². The fourth-order valence-electron chi connectivity index (χ4n) is 7.53. The van der Waals surface area contributed by atoms with Crippen molar-refractivity contribution in [2.75, 3.05) is 25.1 Å². The van der Waals surface area contributed by atoms with Crippen LogP contribution in [0.3, 0.4) is 0 Å². The van der Waals surface area contributed by atoms with Crippen molar-refractivity contribution in [2.45, 2.75) is 41.8 Å². The Morgan fingerprint density at radius 2 is 1.06 bits per heavy atom. The Morgan fingerprint density at radius 3 is 1.56 bits per heavy atom. The van der Waals surface area contributed by atoms with Gasteiger partial charge in [0.05, 0.1) is 40.4 Å². The predicted octanol–water partition coefficient (Wildman–Crippen LogP) is 12.3. The molecule has 0 aliphatic carbocycles. The molecule has 0 fully saturated rings. The van der Waals surface area contributed by atoms with E-state index >= 15 is 0 Å². The molecule has 6 heterocycles. The first kappa shape index (κ1) is 52.4. The average Bonchev–Trinajstić information content (AvgIpc) is 3.38. The Labute approximate surface area is 418 Å². The van der Waals surface area contributed by atoms with E-state index in [2.05, 4.69) is 45.5 Å². The van der Waals surface area contributed by atoms with E-state index in [4.69, 9.17) is 10.7 Å². The molecule has 364 valence electrons. The van der Waals surface area contributed by atoms with Crippen molar-refractivity contribution in [1.82, 2.24) is 50.1 Å². The number of benzene rings is 4. The molecule has 0 saturated heterocycles. The highest BCUT2D eigenvalue weighted by molar-refractivity contribution is 5.93. The summed E-state index contributed by atoms with van der Waals surface area (Å²) >= 11 is 0. The molecule has 4 aromatic carbocycles. The predicted molar refractivity (Wildman–Crippen MR) is 285 cm³/mol. The summed E-state index contributed by atoms with van der Waals surface area (Å²) in [5.74, 6) is 0.187. The number of anilines is 2. The standard InChI is InChI=1S/C28H23FN6O.C20H15FN4.C7H10N2.2CH4/c1-18-24-15-20(8-12-25(24)32-17-31-18)23-11-13-26(33-27(23)19-6-9-21(29)10-7-19)34-28(36)35(2)16-22-5-3-4-14-30-22;1-12-17-10-14(4-8-18(17)24-11-23-12)16-7-9-19(22)25-20(16)13-2-5-15(21)6-3-13;1-8-6-7-4-2-3-5-9-7;;/h3-15,17H,16H2,1-2H3,(H,33,34,36);2-11H,1H3,(H2,22,25);2-5,8H,6H2,1H3;2*1H4. The van der Waals surface area contributed by atoms with Crippen molar-refractivity contribution in [2.24, 2.45) is 0 Å². The van der Waals surface area contributed by atoms with Crippen LogP contribution in [0.25, 0.3) is 66.6 Å². The Balaban J connectivity index is 0.000000203. The van der Waals surface area contributed by atoms with Crippen LogP contribution in [0.2, 0.25) is 0 Å². The van der Waals surface area contributed by atoms with Crippen LogP contribution in [-0.4, -0.2) is 64.9 Å². The monoisotopic (exact) mass is 962 g/mol. The molecule has 0 spiro atoms. The number of nitrogen functional groups attached to an aromatic ring is 1. The molecule has 0 radical (unpaired) electrons. The maximum absolute atomic E-state index is 13.7. The van der Waals surface area contributed by atoms with Gasteiger partial charge in [-0.05, 0) is 153 Å². The quantitative estimate of drug-likeness (QED) is 0.126. The third-order valence-electron chi connectivity index (χ3n) is 11.1. The highest BCUT2D eigenvalue weighted by Gasteiger charge is 2.17. The lowest BCUT2D eigenvalue weighted by molar-refractivity contribution is 0.220. The van der Waals surface area contributed by atoms with Gasteiger partial charge in [0.2, 0.25) is 0 Å². The fourth-order valence-corrected chi connectivity index (χ4v) is 7.53. The minimum atomic E-state index is -0.334. The highest BCUT2D eigenvalue weighted by atomic mass is 19.1. The Bertz CT molecular complexity index is 3380. The summed E-state index contributed by atoms with van der Waals surface area (Å²) in [6.45, 7) is 5.10. The average molecular weight is 963 g/mol. The lowest BCUT2D eigenvalue weighted by atomic mass is 9.97. The Hall–Kier alpha value is -8.95. The molecule has 72 heavy (non-hydrogen) atoms. The van der Waals surface area contributed by atoms with Gasteiger partial charge >= 0.3 is 6.03 Å². The number of amides is 2. The molecule has 4 N–H and O–H groups in total. The third kappa shape index (κ3) is 13.0. The van der Waals surface area contributed by atoms with Crippen LogP contribution < -0.4 is 16.4 Å². The maximum atomic E-state index is 13.7. The van der Waals surface area contributed by atoms with Crippen LogP contribution in [0, 0.1) is 25.5 Å². The molecule has 10 rings (SSSR count). The van der Waals surface area contributed by atoms with E-state index in [-0.39, 0.29) is 32.5 Å². The Morgan fingerprint density at radius 1 is 0.569 bits per heavy atom. The summed E-state index contributed by atoms with van der Waals surface area (Å²) in [5.41, 5.74) is 17.8. The van der Waals surface area contributed by atoms with Gasteiger partial charge in [-0.3, -0.25) is 15.3 Å². The second kappa shape index (κ2) is 24.6. The van der Waals surface area contributed by atoms with E-state index in [0.717, 1.165) is 84.5 Å². The van der Waals surface area contributed by atoms with Crippen LogP contribution >= 0.6 is 0 Å². The van der Waals surface area contributed by atoms with Gasteiger partial charge in [0.1, 0.15) is 35.9 Å². The van der Waals surface area contributed by atoms with E-state index in [0.29, 0.717) is 29.6 Å². The van der Waals surface area contributed by atoms with Crippen molar-refractivity contribution in [3.8, 4) is 44.8 Å². The number of rotatable bonds is 9. The van der Waals surface area contributed by atoms with Crippen LogP contribution in [0.15, 0.2) is 171 Å². The zero-order valence-electron chi connectivity index (χ0n) is 38.8. The number of aromatic nitrogens is 8. The van der Waals surface area contributed by atoms with Gasteiger partial charge in [-0.1, -0.05) is 39.1 Å². The number of fused-ring (bicyclic) bond motifs is 2. The number of aryl methyl sites for hydroxylation is 2. The van der Waals surface area contributed by atoms with Gasteiger partial charge in [0.15, 0.2) is 0 Å². The fraction of sp³-hybridized carbons (Fsp3) is 0.140. The summed E-state index contributed by atoms with van der Waals surface area (Å²) in [7, 11) is 3.60. The van der Waals surface area contributed by atoms with Crippen molar-refractivity contribution in [3.63, 3.8) is 0 Å². The summed E-state index contributed by atoms with van der Waals surface area (Å²) < 4.78 is 26.9. The van der Waals surface area contributed by atoms with E-state index in [1.807, 2.05) is 106 Å². The number of nitrogens with two attached hydrogens (primary N) is 1. The van der Waals surface area contributed by atoms with Crippen LogP contribution in [0.1, 0.15) is 37.6 Å². The van der Waals surface area contributed by atoms with E-state index < -0.39 is 0 Å². The third-order valence-corrected chi connectivity index (χ3v) is 11.1. The topological polar surface area (TPSA) is 174 Å². The maximum Gasteiger partial charge on any atom is 0.323 e. The number of carbonyl (C=O) groups is 1. The smallest absolute Gasteiger partial charge is 0.323 e. The molecule has 0 aliphatic heterocycles. The van der Waals surface area contributed by atoms with E-state index in [1.165, 1.54) is 29.2 Å². The number of carbonyl (C=O) groups excluding carboxylic acids is 1. The van der Waals surface area contributed by atoms with Crippen molar-refractivity contribution >= 4 is 39.5 Å². The van der Waals surface area contributed by atoms with Crippen molar-refractivity contribution < 1.29 is 13.6 Å². The molecule has 15 heteroatoms. The molecule has 0 aliphatic rings. The van der Waals surface area contributed by atoms with Gasteiger partial charge < -0.3 is 16.0 Å². The molecule has 0 unspecified atom stereocenters. The first-order chi connectivity index (χ1) is 34.0. The minimum Gasteiger partial charge on any atom is -0.384 e. The first-order valence-corrected chi connectivity index (χ1v) is 22.2. The van der Waals surface area contributed by atoms with Crippen LogP contribution in [0.4, 0.5) is 25.2 Å². The molecule has 6 aromatic heterocycles. The SMILES string of the molecule is C.C.CNCc1ccccn1.Cc1ncnc2ccc(-c3ccc(N)nc3-c3ccc(F)cc3)cc12.Cc1ncnc2ccc(-c3ccc(NC(=O)N(C)Cc4ccccn4)nc3-c3ccc(F)cc3)cc12. The summed E-state index contributed by atoms with van der Waals surface area (Å²) in [6.07, 6.45) is 6.60. The lowest BCUT2D eigenvalue weighted by Crippen LogP contribution is -2.31. The molecule has 0 atom stereocenters. The largest absolute Gasteiger partial charge is 0.384 e. The van der Waals surface area contributed by atoms with Crippen LogP contribution in [0.5, 0.6) is 0 Å². The molecule has 0 bridgehead atoms. The van der Waals surface area contributed by atoms with Gasteiger partial charge in [-0.15, -0.1) is 0 Å². The molecular weight excluding hydrogens is 907 g/mol. The minimum absolute atomic E-state index is 0. The summed E-state index contributed by atoms with van der Waals surface area (Å²) in [6, 6.07) is 42.8. The molecule has 13 nitrogen and oxygen atoms in total.